The van der Waals surface area contributed by atoms with Gasteiger partial charge in [0.2, 0.25) is 0 Å². The molecule has 0 aliphatic carbocycles. The molecule has 0 bridgehead atoms. The first-order valence-corrected chi connectivity index (χ1v) is 5.88. The number of halogens is 2. The zero-order valence-electron chi connectivity index (χ0n) is 8.90. The van der Waals surface area contributed by atoms with E-state index >= 15 is 0 Å². The van der Waals surface area contributed by atoms with Crippen LogP contribution >= 0.6 is 15.9 Å². The lowest BCUT2D eigenvalue weighted by Gasteiger charge is -2.22. The van der Waals surface area contributed by atoms with Crippen molar-refractivity contribution >= 4 is 15.9 Å². The van der Waals surface area contributed by atoms with Gasteiger partial charge < -0.3 is 0 Å². The van der Waals surface area contributed by atoms with Gasteiger partial charge in [0.1, 0.15) is 5.82 Å². The van der Waals surface area contributed by atoms with Gasteiger partial charge in [0.05, 0.1) is 0 Å². The summed E-state index contributed by atoms with van der Waals surface area (Å²) in [5.74, 6) is -0.0842. The second kappa shape index (κ2) is 4.43. The van der Waals surface area contributed by atoms with Gasteiger partial charge in [-0.05, 0) is 36.0 Å². The fourth-order valence-corrected chi connectivity index (χ4v) is 1.61. The zero-order chi connectivity index (χ0) is 10.8. The van der Waals surface area contributed by atoms with Crippen molar-refractivity contribution in [1.29, 1.82) is 0 Å². The second-order valence-electron chi connectivity index (χ2n) is 4.51. The molecule has 0 amide bonds. The van der Waals surface area contributed by atoms with Crippen LogP contribution in [0.3, 0.4) is 0 Å². The molecular formula is C12H16BrF. The Morgan fingerprint density at radius 1 is 1.36 bits per heavy atom. The van der Waals surface area contributed by atoms with E-state index < -0.39 is 0 Å². The van der Waals surface area contributed by atoms with E-state index in [1.807, 2.05) is 13.0 Å². The van der Waals surface area contributed by atoms with E-state index in [1.54, 1.807) is 6.07 Å². The molecule has 0 radical (unpaired) electrons. The van der Waals surface area contributed by atoms with E-state index in [2.05, 4.69) is 29.8 Å². The van der Waals surface area contributed by atoms with Gasteiger partial charge in [0.15, 0.2) is 0 Å². The minimum absolute atomic E-state index is 0.0842. The minimum atomic E-state index is -0.0842. The van der Waals surface area contributed by atoms with Crippen molar-refractivity contribution in [2.45, 2.75) is 27.2 Å². The Morgan fingerprint density at radius 2 is 2.00 bits per heavy atom. The van der Waals surface area contributed by atoms with E-state index in [0.717, 1.165) is 22.9 Å². The summed E-state index contributed by atoms with van der Waals surface area (Å²) in [5.41, 5.74) is 1.99. The van der Waals surface area contributed by atoms with Crippen molar-refractivity contribution in [3.8, 4) is 0 Å². The molecule has 1 rings (SSSR count). The summed E-state index contributed by atoms with van der Waals surface area (Å²) in [5, 5.41) is 0.883. The van der Waals surface area contributed by atoms with E-state index in [4.69, 9.17) is 0 Å². The van der Waals surface area contributed by atoms with Crippen LogP contribution in [0, 0.1) is 18.2 Å². The number of rotatable bonds is 3. The van der Waals surface area contributed by atoms with Crippen LogP contribution in [-0.4, -0.2) is 5.33 Å². The first-order chi connectivity index (χ1) is 6.46. The third kappa shape index (κ3) is 2.81. The third-order valence-electron chi connectivity index (χ3n) is 2.37. The highest BCUT2D eigenvalue weighted by Gasteiger charge is 2.19. The largest absolute Gasteiger partial charge is 0.207 e. The van der Waals surface area contributed by atoms with Crippen LogP contribution in [0.15, 0.2) is 18.2 Å². The van der Waals surface area contributed by atoms with Crippen LogP contribution < -0.4 is 0 Å². The topological polar surface area (TPSA) is 0 Å². The summed E-state index contributed by atoms with van der Waals surface area (Å²) in [6.45, 7) is 6.23. The summed E-state index contributed by atoms with van der Waals surface area (Å²) >= 11 is 3.46. The van der Waals surface area contributed by atoms with Crippen molar-refractivity contribution < 1.29 is 4.39 Å². The highest BCUT2D eigenvalue weighted by molar-refractivity contribution is 9.09. The quantitative estimate of drug-likeness (QED) is 0.717. The lowest BCUT2D eigenvalue weighted by Crippen LogP contribution is -2.18. The summed E-state index contributed by atoms with van der Waals surface area (Å²) in [6, 6.07) is 5.25. The molecular weight excluding hydrogens is 243 g/mol. The molecule has 0 unspecified atom stereocenters. The van der Waals surface area contributed by atoms with Gasteiger partial charge in [-0.2, -0.15) is 0 Å². The van der Waals surface area contributed by atoms with Gasteiger partial charge in [0.25, 0.3) is 0 Å². The van der Waals surface area contributed by atoms with Gasteiger partial charge in [-0.15, -0.1) is 0 Å². The zero-order valence-corrected chi connectivity index (χ0v) is 10.5. The summed E-state index contributed by atoms with van der Waals surface area (Å²) in [7, 11) is 0. The monoisotopic (exact) mass is 258 g/mol. The Balaban J connectivity index is 2.97. The Kier molecular flexibility index (Phi) is 3.71. The number of aryl methyl sites for hydroxylation is 1. The van der Waals surface area contributed by atoms with Gasteiger partial charge in [-0.25, -0.2) is 4.39 Å². The molecule has 0 fully saturated rings. The molecule has 0 saturated heterocycles. The maximum Gasteiger partial charge on any atom is 0.126 e. The molecule has 1 aromatic rings. The van der Waals surface area contributed by atoms with Crippen LogP contribution in [0.4, 0.5) is 4.39 Å². The van der Waals surface area contributed by atoms with Gasteiger partial charge in [0, 0.05) is 5.33 Å². The molecule has 1 aromatic carbocycles. The predicted octanol–water partition coefficient (Wildman–Crippen LogP) is 4.10. The van der Waals surface area contributed by atoms with Crippen LogP contribution in [0.2, 0.25) is 0 Å². The van der Waals surface area contributed by atoms with E-state index in [-0.39, 0.29) is 11.2 Å². The van der Waals surface area contributed by atoms with Crippen LogP contribution in [0.5, 0.6) is 0 Å². The number of hydrogen-bond donors (Lipinski definition) is 0. The van der Waals surface area contributed by atoms with E-state index in [9.17, 15) is 4.39 Å². The SMILES string of the molecule is Cc1cccc(F)c1CC(C)(C)CBr. The number of benzene rings is 1. The standard InChI is InChI=1S/C12H16BrF/c1-9-5-4-6-11(14)10(9)7-12(2,3)8-13/h4-6H,7-8H2,1-3H3. The summed E-state index contributed by atoms with van der Waals surface area (Å²) in [4.78, 5) is 0. The van der Waals surface area contributed by atoms with Crippen molar-refractivity contribution in [3.05, 3.63) is 35.1 Å². The molecule has 0 aromatic heterocycles. The smallest absolute Gasteiger partial charge is 0.126 e. The maximum atomic E-state index is 13.5. The van der Waals surface area contributed by atoms with E-state index in [0.29, 0.717) is 0 Å². The lowest BCUT2D eigenvalue weighted by atomic mass is 9.86. The molecule has 0 atom stereocenters. The first-order valence-electron chi connectivity index (χ1n) is 4.76. The Labute approximate surface area is 93.7 Å². The lowest BCUT2D eigenvalue weighted by molar-refractivity contribution is 0.413. The highest BCUT2D eigenvalue weighted by atomic mass is 79.9. The minimum Gasteiger partial charge on any atom is -0.207 e. The fraction of sp³-hybridized carbons (Fsp3) is 0.500. The van der Waals surface area contributed by atoms with Crippen LogP contribution in [-0.2, 0) is 6.42 Å². The molecule has 0 N–H and O–H groups in total. The van der Waals surface area contributed by atoms with Crippen LogP contribution in [0.1, 0.15) is 25.0 Å². The molecule has 0 nitrogen and oxygen atoms in total. The third-order valence-corrected chi connectivity index (χ3v) is 3.89. The Hall–Kier alpha value is -0.370. The van der Waals surface area contributed by atoms with Crippen molar-refractivity contribution in [3.63, 3.8) is 0 Å². The fourth-order valence-electron chi connectivity index (χ4n) is 1.42. The average Bonchev–Trinajstić information content (AvgIpc) is 2.12. The van der Waals surface area contributed by atoms with Crippen molar-refractivity contribution in [2.24, 2.45) is 5.41 Å². The van der Waals surface area contributed by atoms with Crippen molar-refractivity contribution in [2.75, 3.05) is 5.33 Å². The number of hydrogen-bond acceptors (Lipinski definition) is 0. The summed E-state index contributed by atoms with van der Waals surface area (Å²) in [6.07, 6.45) is 0.775. The van der Waals surface area contributed by atoms with Crippen molar-refractivity contribution in [1.82, 2.24) is 0 Å². The highest BCUT2D eigenvalue weighted by Crippen LogP contribution is 2.27. The predicted molar refractivity (Wildman–Crippen MR) is 62.4 cm³/mol. The maximum absolute atomic E-state index is 13.5. The molecule has 0 spiro atoms. The molecule has 14 heavy (non-hydrogen) atoms. The molecule has 78 valence electrons. The average molecular weight is 259 g/mol. The van der Waals surface area contributed by atoms with Gasteiger partial charge in [-0.1, -0.05) is 41.9 Å². The Morgan fingerprint density at radius 3 is 2.50 bits per heavy atom. The Bertz CT molecular complexity index is 298. The van der Waals surface area contributed by atoms with Gasteiger partial charge in [-0.3, -0.25) is 0 Å². The number of alkyl halides is 1. The van der Waals surface area contributed by atoms with Crippen LogP contribution in [0.25, 0.3) is 0 Å². The molecule has 0 heterocycles. The first kappa shape index (κ1) is 11.7. The second-order valence-corrected chi connectivity index (χ2v) is 5.07. The molecule has 0 aliphatic rings. The molecule has 0 aliphatic heterocycles. The van der Waals surface area contributed by atoms with E-state index in [1.165, 1.54) is 6.07 Å². The normalized spacial score (nSPS) is 11.8. The molecule has 2 heteroatoms. The van der Waals surface area contributed by atoms with Gasteiger partial charge >= 0.3 is 0 Å². The summed E-state index contributed by atoms with van der Waals surface area (Å²) < 4.78 is 13.5. The molecule has 0 saturated carbocycles.